The van der Waals surface area contributed by atoms with Crippen LogP contribution in [-0.4, -0.2) is 25.8 Å². The third-order valence-corrected chi connectivity index (χ3v) is 3.60. The van der Waals surface area contributed by atoms with Gasteiger partial charge in [0.2, 0.25) is 0 Å². The maximum absolute atomic E-state index is 12.7. The predicted octanol–water partition coefficient (Wildman–Crippen LogP) is 3.52. The van der Waals surface area contributed by atoms with Gasteiger partial charge in [0.25, 0.3) is 0 Å². The van der Waals surface area contributed by atoms with Crippen molar-refractivity contribution in [1.29, 1.82) is 5.26 Å². The fourth-order valence-corrected chi connectivity index (χ4v) is 2.29. The predicted molar refractivity (Wildman–Crippen MR) is 83.5 cm³/mol. The van der Waals surface area contributed by atoms with E-state index in [2.05, 4.69) is 10.1 Å². The van der Waals surface area contributed by atoms with Gasteiger partial charge in [-0.15, -0.1) is 0 Å². The summed E-state index contributed by atoms with van der Waals surface area (Å²) in [6.45, 7) is 0. The molecular formula is C17H9F3N4O2. The van der Waals surface area contributed by atoms with Crippen molar-refractivity contribution in [3.05, 3.63) is 65.6 Å². The van der Waals surface area contributed by atoms with E-state index in [-0.39, 0.29) is 16.9 Å². The van der Waals surface area contributed by atoms with Gasteiger partial charge in [0.1, 0.15) is 0 Å². The van der Waals surface area contributed by atoms with Gasteiger partial charge in [-0.05, 0) is 17.7 Å². The van der Waals surface area contributed by atoms with Crippen LogP contribution < -0.4 is 0 Å². The first kappa shape index (κ1) is 17.2. The fraction of sp³-hybridized carbons (Fsp3) is 0.0588. The molecule has 1 aromatic carbocycles. The molecule has 0 saturated heterocycles. The summed E-state index contributed by atoms with van der Waals surface area (Å²) in [5, 5.41) is 22.1. The molecule has 0 unspecified atom stereocenters. The normalized spacial score (nSPS) is 11.2. The number of aromatic carboxylic acids is 1. The molecule has 1 N–H and O–H groups in total. The zero-order valence-corrected chi connectivity index (χ0v) is 12.9. The number of carboxylic acids is 1. The van der Waals surface area contributed by atoms with E-state index in [1.54, 1.807) is 0 Å². The Bertz CT molecular complexity index is 1020. The van der Waals surface area contributed by atoms with Crippen LogP contribution in [0, 0.1) is 11.3 Å². The second kappa shape index (κ2) is 6.33. The van der Waals surface area contributed by atoms with Crippen LogP contribution in [0.1, 0.15) is 21.5 Å². The summed E-state index contributed by atoms with van der Waals surface area (Å²) in [5.41, 5.74) is 0.0946. The van der Waals surface area contributed by atoms with Crippen molar-refractivity contribution < 1.29 is 23.1 Å². The Morgan fingerprint density at radius 3 is 2.42 bits per heavy atom. The summed E-state index contributed by atoms with van der Waals surface area (Å²) in [4.78, 5) is 15.0. The molecule has 0 aliphatic carbocycles. The maximum atomic E-state index is 12.7. The fourth-order valence-electron chi connectivity index (χ4n) is 2.29. The SMILES string of the molecule is N#Cc1cc(-n2cc(C(=O)O)cn2)ncc1-c1ccc(C(F)(F)F)cc1. The van der Waals surface area contributed by atoms with E-state index < -0.39 is 17.7 Å². The molecule has 2 aromatic heterocycles. The van der Waals surface area contributed by atoms with Crippen LogP contribution in [0.15, 0.2) is 48.9 Å². The Labute approximate surface area is 144 Å². The lowest BCUT2D eigenvalue weighted by molar-refractivity contribution is -0.137. The van der Waals surface area contributed by atoms with Gasteiger partial charge in [0.15, 0.2) is 5.82 Å². The molecule has 0 amide bonds. The molecule has 2 heterocycles. The average Bonchev–Trinajstić information content (AvgIpc) is 3.11. The number of nitrogens with zero attached hydrogens (tertiary/aromatic N) is 4. The molecule has 0 atom stereocenters. The van der Waals surface area contributed by atoms with Gasteiger partial charge in [0, 0.05) is 24.0 Å². The number of benzene rings is 1. The number of nitriles is 1. The van der Waals surface area contributed by atoms with Crippen LogP contribution in [0.25, 0.3) is 16.9 Å². The number of carbonyl (C=O) groups is 1. The van der Waals surface area contributed by atoms with Crippen LogP contribution in [-0.2, 0) is 6.18 Å². The van der Waals surface area contributed by atoms with Crippen LogP contribution in [0.2, 0.25) is 0 Å². The van der Waals surface area contributed by atoms with Crippen LogP contribution in [0.3, 0.4) is 0 Å². The van der Waals surface area contributed by atoms with E-state index in [0.717, 1.165) is 18.3 Å². The Morgan fingerprint density at radius 2 is 1.88 bits per heavy atom. The number of aromatic nitrogens is 3. The van der Waals surface area contributed by atoms with Crippen molar-refractivity contribution in [2.45, 2.75) is 6.18 Å². The summed E-state index contributed by atoms with van der Waals surface area (Å²) >= 11 is 0. The highest BCUT2D eigenvalue weighted by Crippen LogP contribution is 2.31. The largest absolute Gasteiger partial charge is 0.478 e. The molecule has 0 aliphatic heterocycles. The van der Waals surface area contributed by atoms with Crippen LogP contribution >= 0.6 is 0 Å². The Morgan fingerprint density at radius 1 is 1.19 bits per heavy atom. The number of pyridine rings is 1. The number of halogens is 3. The van der Waals surface area contributed by atoms with E-state index in [4.69, 9.17) is 5.11 Å². The summed E-state index contributed by atoms with van der Waals surface area (Å²) in [6.07, 6.45) is -0.733. The molecule has 0 radical (unpaired) electrons. The summed E-state index contributed by atoms with van der Waals surface area (Å²) in [7, 11) is 0. The van der Waals surface area contributed by atoms with E-state index >= 15 is 0 Å². The highest BCUT2D eigenvalue weighted by atomic mass is 19.4. The van der Waals surface area contributed by atoms with Crippen molar-refractivity contribution in [2.24, 2.45) is 0 Å². The summed E-state index contributed by atoms with van der Waals surface area (Å²) in [6, 6.07) is 7.72. The quantitative estimate of drug-likeness (QED) is 0.773. The van der Waals surface area contributed by atoms with Gasteiger partial charge in [-0.25, -0.2) is 14.5 Å². The van der Waals surface area contributed by atoms with Gasteiger partial charge in [0.05, 0.1) is 29.0 Å². The van der Waals surface area contributed by atoms with Crippen LogP contribution in [0.4, 0.5) is 13.2 Å². The smallest absolute Gasteiger partial charge is 0.416 e. The molecule has 26 heavy (non-hydrogen) atoms. The first-order chi connectivity index (χ1) is 12.3. The molecule has 0 fully saturated rings. The number of carboxylic acid groups (broad SMARTS) is 1. The van der Waals surface area contributed by atoms with Crippen LogP contribution in [0.5, 0.6) is 0 Å². The molecule has 3 rings (SSSR count). The minimum absolute atomic E-state index is 0.0443. The minimum atomic E-state index is -4.44. The van der Waals surface area contributed by atoms with Gasteiger partial charge in [-0.1, -0.05) is 12.1 Å². The molecule has 0 bridgehead atoms. The molecular weight excluding hydrogens is 349 g/mol. The lowest BCUT2D eigenvalue weighted by Gasteiger charge is -2.09. The highest BCUT2D eigenvalue weighted by molar-refractivity contribution is 5.87. The van der Waals surface area contributed by atoms with Crippen molar-refractivity contribution >= 4 is 5.97 Å². The highest BCUT2D eigenvalue weighted by Gasteiger charge is 2.30. The van der Waals surface area contributed by atoms with Crippen molar-refractivity contribution in [3.63, 3.8) is 0 Å². The molecule has 0 spiro atoms. The maximum Gasteiger partial charge on any atom is 0.416 e. The molecule has 6 nitrogen and oxygen atoms in total. The summed E-state index contributed by atoms with van der Waals surface area (Å²) < 4.78 is 39.1. The first-order valence-electron chi connectivity index (χ1n) is 7.15. The Kier molecular flexibility index (Phi) is 4.18. The monoisotopic (exact) mass is 358 g/mol. The van der Waals surface area contributed by atoms with E-state index in [9.17, 15) is 23.2 Å². The lowest BCUT2D eigenvalue weighted by Crippen LogP contribution is -2.04. The first-order valence-corrected chi connectivity index (χ1v) is 7.15. The average molecular weight is 358 g/mol. The van der Waals surface area contributed by atoms with Gasteiger partial charge in [-0.2, -0.15) is 23.5 Å². The summed E-state index contributed by atoms with van der Waals surface area (Å²) in [5.74, 6) is -0.942. The number of alkyl halides is 3. The van der Waals surface area contributed by atoms with Crippen molar-refractivity contribution in [1.82, 2.24) is 14.8 Å². The van der Waals surface area contributed by atoms with Gasteiger partial charge in [-0.3, -0.25) is 0 Å². The molecule has 9 heteroatoms. The second-order valence-corrected chi connectivity index (χ2v) is 5.25. The molecule has 130 valence electrons. The Hall–Kier alpha value is -3.67. The number of hydrogen-bond acceptors (Lipinski definition) is 4. The Balaban J connectivity index is 1.99. The van der Waals surface area contributed by atoms with Gasteiger partial charge >= 0.3 is 12.1 Å². The zero-order valence-electron chi connectivity index (χ0n) is 12.9. The number of hydrogen-bond donors (Lipinski definition) is 1. The minimum Gasteiger partial charge on any atom is -0.478 e. The topological polar surface area (TPSA) is 91.8 Å². The molecule has 0 aliphatic rings. The van der Waals surface area contributed by atoms with Crippen molar-refractivity contribution in [3.8, 4) is 23.0 Å². The molecule has 3 aromatic rings. The second-order valence-electron chi connectivity index (χ2n) is 5.25. The van der Waals surface area contributed by atoms with Crippen molar-refractivity contribution in [2.75, 3.05) is 0 Å². The standard InChI is InChI=1S/C17H9F3N4O2/c18-17(19,20)13-3-1-10(2-4-13)14-8-22-15(5-11(14)6-21)24-9-12(7-23-24)16(25)26/h1-5,7-9H,(H,25,26). The lowest BCUT2D eigenvalue weighted by atomic mass is 10.0. The zero-order chi connectivity index (χ0) is 18.9. The third-order valence-electron chi connectivity index (χ3n) is 3.60. The number of rotatable bonds is 3. The molecule has 0 saturated carbocycles. The van der Waals surface area contributed by atoms with E-state index in [1.165, 1.54) is 35.3 Å². The van der Waals surface area contributed by atoms with E-state index in [0.29, 0.717) is 11.1 Å². The van der Waals surface area contributed by atoms with Gasteiger partial charge < -0.3 is 5.11 Å². The third kappa shape index (κ3) is 3.25. The van der Waals surface area contributed by atoms with E-state index in [1.807, 2.05) is 6.07 Å².